The summed E-state index contributed by atoms with van der Waals surface area (Å²) in [6.07, 6.45) is -4.94. The number of halogens is 3. The summed E-state index contributed by atoms with van der Waals surface area (Å²) in [6.45, 7) is 0.283. The van der Waals surface area contributed by atoms with Crippen molar-refractivity contribution >= 4 is 11.3 Å². The minimum absolute atomic E-state index is 0.0940. The fraction of sp³-hybridized carbons (Fsp3) is 0.444. The molecule has 6 heteroatoms. The summed E-state index contributed by atoms with van der Waals surface area (Å²) in [5.41, 5.74) is 0. The first-order valence-electron chi connectivity index (χ1n) is 4.27. The van der Waals surface area contributed by atoms with E-state index in [-0.39, 0.29) is 6.54 Å². The van der Waals surface area contributed by atoms with Crippen LogP contribution >= 0.6 is 11.3 Å². The average Bonchev–Trinajstić information content (AvgIpc) is 2.59. The molecule has 0 aliphatic rings. The van der Waals surface area contributed by atoms with Crippen molar-refractivity contribution in [2.75, 3.05) is 6.54 Å². The van der Waals surface area contributed by atoms with Gasteiger partial charge < -0.3 is 5.32 Å². The quantitative estimate of drug-likeness (QED) is 0.813. The molecule has 1 heterocycles. The minimum Gasteiger partial charge on any atom is -0.312 e. The molecular formula is C9H9F3N2S. The number of nitriles is 1. The van der Waals surface area contributed by atoms with Crippen molar-refractivity contribution in [3.63, 3.8) is 0 Å². The second-order valence-corrected chi connectivity index (χ2v) is 4.09. The number of hydrogen-bond acceptors (Lipinski definition) is 3. The van der Waals surface area contributed by atoms with E-state index in [0.717, 1.165) is 4.88 Å². The zero-order valence-corrected chi connectivity index (χ0v) is 8.58. The van der Waals surface area contributed by atoms with Crippen LogP contribution in [0.15, 0.2) is 12.1 Å². The van der Waals surface area contributed by atoms with E-state index in [1.54, 1.807) is 12.1 Å². The van der Waals surface area contributed by atoms with E-state index in [4.69, 9.17) is 5.26 Å². The van der Waals surface area contributed by atoms with E-state index >= 15 is 0 Å². The summed E-state index contributed by atoms with van der Waals surface area (Å²) < 4.78 is 35.3. The molecule has 1 aromatic rings. The first-order chi connectivity index (χ1) is 7.01. The molecule has 0 amide bonds. The molecule has 0 aliphatic carbocycles. The van der Waals surface area contributed by atoms with E-state index in [1.807, 2.05) is 6.07 Å². The first-order valence-corrected chi connectivity index (χ1v) is 5.09. The van der Waals surface area contributed by atoms with E-state index in [9.17, 15) is 13.2 Å². The summed E-state index contributed by atoms with van der Waals surface area (Å²) in [5.74, 6) is 0. The van der Waals surface area contributed by atoms with Gasteiger partial charge >= 0.3 is 6.18 Å². The molecule has 0 aliphatic heterocycles. The van der Waals surface area contributed by atoms with E-state index < -0.39 is 12.6 Å². The van der Waals surface area contributed by atoms with Crippen molar-refractivity contribution in [3.8, 4) is 6.07 Å². The van der Waals surface area contributed by atoms with Crippen molar-refractivity contribution in [2.45, 2.75) is 19.1 Å². The van der Waals surface area contributed by atoms with E-state index in [0.29, 0.717) is 11.4 Å². The summed E-state index contributed by atoms with van der Waals surface area (Å²) in [6, 6.07) is 5.37. The highest BCUT2D eigenvalue weighted by molar-refractivity contribution is 7.12. The van der Waals surface area contributed by atoms with Gasteiger partial charge in [0, 0.05) is 18.0 Å². The number of nitrogens with one attached hydrogen (secondary N) is 1. The van der Waals surface area contributed by atoms with Gasteiger partial charge in [0.05, 0.1) is 6.42 Å². The molecule has 0 bridgehead atoms. The minimum atomic E-state index is -4.11. The lowest BCUT2D eigenvalue weighted by molar-refractivity contribution is -0.133. The van der Waals surface area contributed by atoms with Crippen molar-refractivity contribution in [1.82, 2.24) is 5.32 Å². The van der Waals surface area contributed by atoms with Gasteiger partial charge in [-0.25, -0.2) is 0 Å². The van der Waals surface area contributed by atoms with Crippen LogP contribution in [0.3, 0.4) is 0 Å². The summed E-state index contributed by atoms with van der Waals surface area (Å²) in [4.78, 5) is 1.44. The number of thiophene rings is 1. The van der Waals surface area contributed by atoms with Gasteiger partial charge in [-0.3, -0.25) is 0 Å². The SMILES string of the molecule is N#Cc1ccc(CNCCC(F)(F)F)s1. The van der Waals surface area contributed by atoms with Crippen LogP contribution < -0.4 is 5.32 Å². The highest BCUT2D eigenvalue weighted by Crippen LogP contribution is 2.19. The lowest BCUT2D eigenvalue weighted by atomic mass is 10.4. The zero-order valence-electron chi connectivity index (χ0n) is 7.77. The molecule has 15 heavy (non-hydrogen) atoms. The van der Waals surface area contributed by atoms with Gasteiger partial charge in [0.2, 0.25) is 0 Å². The number of hydrogen-bond donors (Lipinski definition) is 1. The molecule has 0 saturated carbocycles. The van der Waals surface area contributed by atoms with Gasteiger partial charge in [-0.1, -0.05) is 0 Å². The molecule has 0 aromatic carbocycles. The molecule has 0 radical (unpaired) electrons. The van der Waals surface area contributed by atoms with Crippen molar-refractivity contribution in [2.24, 2.45) is 0 Å². The van der Waals surface area contributed by atoms with E-state index in [1.165, 1.54) is 11.3 Å². The normalized spacial score (nSPS) is 11.3. The smallest absolute Gasteiger partial charge is 0.312 e. The summed E-state index contributed by atoms with van der Waals surface area (Å²) in [5, 5.41) is 11.2. The Bertz CT molecular complexity index is 351. The first kappa shape index (κ1) is 12.0. The Morgan fingerprint density at radius 2 is 2.13 bits per heavy atom. The monoisotopic (exact) mass is 234 g/mol. The van der Waals surface area contributed by atoms with Crippen molar-refractivity contribution < 1.29 is 13.2 Å². The second-order valence-electron chi connectivity index (χ2n) is 2.92. The molecule has 0 spiro atoms. The molecule has 82 valence electrons. The maximum Gasteiger partial charge on any atom is 0.390 e. The zero-order chi connectivity index (χ0) is 11.3. The van der Waals surface area contributed by atoms with Gasteiger partial charge in [-0.15, -0.1) is 11.3 Å². The van der Waals surface area contributed by atoms with E-state index in [2.05, 4.69) is 5.32 Å². The molecule has 0 saturated heterocycles. The Kier molecular flexibility index (Phi) is 4.12. The molecule has 1 N–H and O–H groups in total. The Morgan fingerprint density at radius 1 is 1.40 bits per heavy atom. The van der Waals surface area contributed by atoms with Crippen LogP contribution in [-0.4, -0.2) is 12.7 Å². The van der Waals surface area contributed by atoms with Crippen LogP contribution in [0.2, 0.25) is 0 Å². The summed E-state index contributed by atoms with van der Waals surface area (Å²) in [7, 11) is 0. The van der Waals surface area contributed by atoms with Gasteiger partial charge in [0.15, 0.2) is 0 Å². The van der Waals surface area contributed by atoms with Gasteiger partial charge in [0.25, 0.3) is 0 Å². The van der Waals surface area contributed by atoms with Gasteiger partial charge in [0.1, 0.15) is 10.9 Å². The Labute approximate surface area is 89.3 Å². The predicted octanol–water partition coefficient (Wildman–Crippen LogP) is 2.66. The third kappa shape index (κ3) is 4.81. The Hall–Kier alpha value is -1.06. The molecule has 0 unspecified atom stereocenters. The van der Waals surface area contributed by atoms with Crippen LogP contribution in [0.25, 0.3) is 0 Å². The second kappa shape index (κ2) is 5.14. The Morgan fingerprint density at radius 3 is 2.67 bits per heavy atom. The molecule has 1 aromatic heterocycles. The van der Waals surface area contributed by atoms with Gasteiger partial charge in [-0.2, -0.15) is 18.4 Å². The van der Waals surface area contributed by atoms with Gasteiger partial charge in [-0.05, 0) is 12.1 Å². The number of alkyl halides is 3. The van der Waals surface area contributed by atoms with Crippen LogP contribution in [0.1, 0.15) is 16.2 Å². The molecule has 2 nitrogen and oxygen atoms in total. The fourth-order valence-electron chi connectivity index (χ4n) is 0.975. The topological polar surface area (TPSA) is 35.8 Å². The fourth-order valence-corrected chi connectivity index (χ4v) is 1.75. The summed E-state index contributed by atoms with van der Waals surface area (Å²) >= 11 is 1.29. The predicted molar refractivity (Wildman–Crippen MR) is 51.4 cm³/mol. The van der Waals surface area contributed by atoms with Crippen LogP contribution in [0, 0.1) is 11.3 Å². The Balaban J connectivity index is 2.24. The third-order valence-corrected chi connectivity index (χ3v) is 2.65. The molecule has 0 atom stereocenters. The third-order valence-electron chi connectivity index (χ3n) is 1.66. The van der Waals surface area contributed by atoms with Crippen molar-refractivity contribution in [3.05, 3.63) is 21.9 Å². The highest BCUT2D eigenvalue weighted by Gasteiger charge is 2.25. The lowest BCUT2D eigenvalue weighted by Crippen LogP contribution is -2.20. The maximum absolute atomic E-state index is 11.8. The molecular weight excluding hydrogens is 225 g/mol. The van der Waals surface area contributed by atoms with Crippen LogP contribution in [-0.2, 0) is 6.54 Å². The lowest BCUT2D eigenvalue weighted by Gasteiger charge is -2.06. The standard InChI is InChI=1S/C9H9F3N2S/c10-9(11,12)3-4-14-6-8-2-1-7(5-13)15-8/h1-2,14H,3-4,6H2. The van der Waals surface area contributed by atoms with Crippen LogP contribution in [0.4, 0.5) is 13.2 Å². The van der Waals surface area contributed by atoms with Crippen LogP contribution in [0.5, 0.6) is 0 Å². The highest BCUT2D eigenvalue weighted by atomic mass is 32.1. The number of rotatable bonds is 4. The number of nitrogens with zero attached hydrogens (tertiary/aromatic N) is 1. The molecule has 1 rings (SSSR count). The van der Waals surface area contributed by atoms with Crippen molar-refractivity contribution in [1.29, 1.82) is 5.26 Å². The largest absolute Gasteiger partial charge is 0.390 e. The molecule has 0 fully saturated rings. The maximum atomic E-state index is 11.8. The average molecular weight is 234 g/mol.